The van der Waals surface area contributed by atoms with Crippen molar-refractivity contribution >= 4 is 50.5 Å². The van der Waals surface area contributed by atoms with Gasteiger partial charge in [0.15, 0.2) is 5.11 Å². The average Bonchev–Trinajstić information content (AvgIpc) is 2.19. The summed E-state index contributed by atoms with van der Waals surface area (Å²) in [4.78, 5) is 0. The zero-order chi connectivity index (χ0) is 11.3. The summed E-state index contributed by atoms with van der Waals surface area (Å²) < 4.78 is 0.910. The fraction of sp³-hybridized carbons (Fsp3) is 0.222. The van der Waals surface area contributed by atoms with Crippen molar-refractivity contribution in [3.05, 3.63) is 27.7 Å². The number of nitrogens with one attached hydrogen (secondary N) is 2. The summed E-state index contributed by atoms with van der Waals surface area (Å²) in [5.41, 5.74) is 0.732. The van der Waals surface area contributed by atoms with Gasteiger partial charge in [0.1, 0.15) is 0 Å². The summed E-state index contributed by atoms with van der Waals surface area (Å²) in [6.07, 6.45) is 0. The summed E-state index contributed by atoms with van der Waals surface area (Å²) in [6, 6.07) is 5.46. The van der Waals surface area contributed by atoms with Gasteiger partial charge in [-0.2, -0.15) is 0 Å². The molecule has 3 N–H and O–H groups in total. The Morgan fingerprint density at radius 3 is 2.87 bits per heavy atom. The monoisotopic (exact) mass is 308 g/mol. The molecule has 6 heteroatoms. The maximum absolute atomic E-state index is 8.59. The van der Waals surface area contributed by atoms with E-state index in [-0.39, 0.29) is 6.61 Å². The molecule has 15 heavy (non-hydrogen) atoms. The van der Waals surface area contributed by atoms with Crippen LogP contribution in [0.1, 0.15) is 0 Å². The fourth-order valence-electron chi connectivity index (χ4n) is 0.927. The number of benzene rings is 1. The van der Waals surface area contributed by atoms with Gasteiger partial charge in [0, 0.05) is 11.0 Å². The Balaban J connectivity index is 2.60. The van der Waals surface area contributed by atoms with E-state index < -0.39 is 0 Å². The van der Waals surface area contributed by atoms with Gasteiger partial charge in [-0.1, -0.05) is 27.5 Å². The molecule has 0 aliphatic heterocycles. The van der Waals surface area contributed by atoms with Gasteiger partial charge < -0.3 is 15.7 Å². The standard InChI is InChI=1S/C9H10BrClN2OS/c10-6-1-2-8(7(11)5-6)13-9(15)12-3-4-14/h1-2,5,14H,3-4H2,(H2,12,13,15). The van der Waals surface area contributed by atoms with Crippen molar-refractivity contribution in [2.45, 2.75) is 0 Å². The highest BCUT2D eigenvalue weighted by Crippen LogP contribution is 2.25. The first kappa shape index (κ1) is 12.7. The first-order chi connectivity index (χ1) is 7.13. The van der Waals surface area contributed by atoms with Gasteiger partial charge >= 0.3 is 0 Å². The van der Waals surface area contributed by atoms with Crippen molar-refractivity contribution < 1.29 is 5.11 Å². The van der Waals surface area contributed by atoms with Gasteiger partial charge in [-0.15, -0.1) is 0 Å². The van der Waals surface area contributed by atoms with Crippen molar-refractivity contribution in [2.75, 3.05) is 18.5 Å². The minimum atomic E-state index is 0.0376. The predicted molar refractivity (Wildman–Crippen MR) is 70.5 cm³/mol. The van der Waals surface area contributed by atoms with Crippen molar-refractivity contribution in [3.63, 3.8) is 0 Å². The second-order valence-electron chi connectivity index (χ2n) is 2.73. The second-order valence-corrected chi connectivity index (χ2v) is 4.46. The maximum atomic E-state index is 8.59. The Labute approximate surface area is 107 Å². The quantitative estimate of drug-likeness (QED) is 0.750. The zero-order valence-corrected chi connectivity index (χ0v) is 10.9. The van der Waals surface area contributed by atoms with E-state index in [9.17, 15) is 0 Å². The molecule has 0 aromatic heterocycles. The number of rotatable bonds is 3. The third kappa shape index (κ3) is 4.34. The first-order valence-corrected chi connectivity index (χ1v) is 5.82. The molecule has 0 saturated heterocycles. The zero-order valence-electron chi connectivity index (χ0n) is 7.76. The molecule has 0 atom stereocenters. The van der Waals surface area contributed by atoms with Crippen LogP contribution in [-0.4, -0.2) is 23.4 Å². The van der Waals surface area contributed by atoms with E-state index in [1.165, 1.54) is 0 Å². The van der Waals surface area contributed by atoms with E-state index in [4.69, 9.17) is 28.9 Å². The summed E-state index contributed by atoms with van der Waals surface area (Å²) in [6.45, 7) is 0.454. The number of hydrogen-bond donors (Lipinski definition) is 3. The molecule has 0 spiro atoms. The summed E-state index contributed by atoms with van der Waals surface area (Å²) in [5, 5.41) is 15.4. The number of thiocarbonyl (C=S) groups is 1. The number of aliphatic hydroxyl groups excluding tert-OH is 1. The van der Waals surface area contributed by atoms with Gasteiger partial charge in [0.25, 0.3) is 0 Å². The third-order valence-electron chi connectivity index (χ3n) is 1.58. The van der Waals surface area contributed by atoms with Crippen LogP contribution in [0.25, 0.3) is 0 Å². The molecular formula is C9H10BrClN2OS. The fourth-order valence-corrected chi connectivity index (χ4v) is 1.86. The number of aliphatic hydroxyl groups is 1. The summed E-state index contributed by atoms with van der Waals surface area (Å²) >= 11 is 14.3. The molecule has 1 rings (SSSR count). The van der Waals surface area contributed by atoms with Crippen LogP contribution in [0.15, 0.2) is 22.7 Å². The summed E-state index contributed by atoms with van der Waals surface area (Å²) in [5.74, 6) is 0. The van der Waals surface area contributed by atoms with E-state index in [2.05, 4.69) is 26.6 Å². The molecule has 82 valence electrons. The van der Waals surface area contributed by atoms with Crippen LogP contribution < -0.4 is 10.6 Å². The van der Waals surface area contributed by atoms with Crippen LogP contribution in [0.3, 0.4) is 0 Å². The molecule has 0 saturated carbocycles. The highest BCUT2D eigenvalue weighted by Gasteiger charge is 2.02. The third-order valence-corrected chi connectivity index (χ3v) is 2.63. The minimum absolute atomic E-state index is 0.0376. The highest BCUT2D eigenvalue weighted by molar-refractivity contribution is 9.10. The normalized spacial score (nSPS) is 9.80. The van der Waals surface area contributed by atoms with E-state index >= 15 is 0 Å². The molecule has 0 radical (unpaired) electrons. The molecule has 0 amide bonds. The smallest absolute Gasteiger partial charge is 0.170 e. The van der Waals surface area contributed by atoms with Gasteiger partial charge in [-0.3, -0.25) is 0 Å². The predicted octanol–water partition coefficient (Wildman–Crippen LogP) is 2.38. The molecule has 0 aliphatic rings. The Morgan fingerprint density at radius 2 is 2.27 bits per heavy atom. The largest absolute Gasteiger partial charge is 0.395 e. The number of anilines is 1. The van der Waals surface area contributed by atoms with Crippen LogP contribution in [0, 0.1) is 0 Å². The minimum Gasteiger partial charge on any atom is -0.395 e. The van der Waals surface area contributed by atoms with Gasteiger partial charge in [-0.05, 0) is 30.4 Å². The Hall–Kier alpha value is -0.360. The van der Waals surface area contributed by atoms with Crippen molar-refractivity contribution in [1.82, 2.24) is 5.32 Å². The number of halogens is 2. The average molecular weight is 310 g/mol. The lowest BCUT2D eigenvalue weighted by atomic mass is 10.3. The van der Waals surface area contributed by atoms with Crippen LogP contribution in [-0.2, 0) is 0 Å². The first-order valence-electron chi connectivity index (χ1n) is 4.24. The summed E-state index contributed by atoms with van der Waals surface area (Å²) in [7, 11) is 0. The van der Waals surface area contributed by atoms with Gasteiger partial charge in [0.2, 0.25) is 0 Å². The second kappa shape index (κ2) is 6.27. The molecule has 3 nitrogen and oxygen atoms in total. The molecule has 1 aromatic carbocycles. The van der Waals surface area contributed by atoms with Crippen LogP contribution in [0.2, 0.25) is 5.02 Å². The van der Waals surface area contributed by atoms with Gasteiger partial charge in [-0.25, -0.2) is 0 Å². The molecule has 0 aliphatic carbocycles. The lowest BCUT2D eigenvalue weighted by Gasteiger charge is -2.10. The van der Waals surface area contributed by atoms with Crippen LogP contribution >= 0.6 is 39.7 Å². The Morgan fingerprint density at radius 1 is 1.53 bits per heavy atom. The Kier molecular flexibility index (Phi) is 5.31. The van der Waals surface area contributed by atoms with Crippen molar-refractivity contribution in [3.8, 4) is 0 Å². The molecular weight excluding hydrogens is 300 g/mol. The molecule has 0 unspecified atom stereocenters. The topological polar surface area (TPSA) is 44.3 Å². The van der Waals surface area contributed by atoms with Crippen molar-refractivity contribution in [1.29, 1.82) is 0 Å². The lowest BCUT2D eigenvalue weighted by Crippen LogP contribution is -2.30. The molecule has 0 bridgehead atoms. The Bertz CT molecular complexity index is 362. The lowest BCUT2D eigenvalue weighted by molar-refractivity contribution is 0.301. The molecule has 1 aromatic rings. The number of hydrogen-bond acceptors (Lipinski definition) is 2. The van der Waals surface area contributed by atoms with Crippen LogP contribution in [0.5, 0.6) is 0 Å². The van der Waals surface area contributed by atoms with E-state index in [0.29, 0.717) is 16.7 Å². The van der Waals surface area contributed by atoms with E-state index in [1.807, 2.05) is 12.1 Å². The molecule has 0 fully saturated rings. The van der Waals surface area contributed by atoms with Crippen molar-refractivity contribution in [2.24, 2.45) is 0 Å². The van der Waals surface area contributed by atoms with E-state index in [1.54, 1.807) is 6.07 Å². The van der Waals surface area contributed by atoms with E-state index in [0.717, 1.165) is 10.2 Å². The SMILES string of the molecule is OCCNC(=S)Nc1ccc(Br)cc1Cl. The maximum Gasteiger partial charge on any atom is 0.170 e. The van der Waals surface area contributed by atoms with Gasteiger partial charge in [0.05, 0.1) is 17.3 Å². The highest BCUT2D eigenvalue weighted by atomic mass is 79.9. The molecule has 0 heterocycles. The van der Waals surface area contributed by atoms with Crippen LogP contribution in [0.4, 0.5) is 5.69 Å².